The fourth-order valence-electron chi connectivity index (χ4n) is 2.35. The van der Waals surface area contributed by atoms with Gasteiger partial charge < -0.3 is 10.1 Å². The number of carbonyl (C=O) groups is 2. The second kappa shape index (κ2) is 10.6. The Morgan fingerprint density at radius 1 is 1.11 bits per heavy atom. The zero-order chi connectivity index (χ0) is 20.5. The van der Waals surface area contributed by atoms with E-state index in [1.54, 1.807) is 6.07 Å². The maximum absolute atomic E-state index is 12.0. The Balaban J connectivity index is 1.90. The van der Waals surface area contributed by atoms with Crippen molar-refractivity contribution in [2.24, 2.45) is 5.10 Å². The Hall–Kier alpha value is -2.67. The lowest BCUT2D eigenvalue weighted by Gasteiger charge is -2.08. The normalized spacial score (nSPS) is 10.7. The predicted octanol–water partition coefficient (Wildman–Crippen LogP) is 4.33. The topological polar surface area (TPSA) is 79.8 Å². The molecule has 0 radical (unpaired) electrons. The third kappa shape index (κ3) is 6.81. The third-order valence-corrected chi connectivity index (χ3v) is 4.43. The summed E-state index contributed by atoms with van der Waals surface area (Å²) in [7, 11) is 0. The molecule has 0 saturated heterocycles. The first-order chi connectivity index (χ1) is 13.4. The van der Waals surface area contributed by atoms with E-state index in [1.165, 1.54) is 6.21 Å². The second-order valence-corrected chi connectivity index (χ2v) is 7.26. The summed E-state index contributed by atoms with van der Waals surface area (Å²) in [4.78, 5) is 24.0. The number of hydrogen-bond donors (Lipinski definition) is 2. The number of halogens is 1. The first-order valence-corrected chi connectivity index (χ1v) is 9.79. The van der Waals surface area contributed by atoms with Gasteiger partial charge in [0.2, 0.25) is 11.8 Å². The summed E-state index contributed by atoms with van der Waals surface area (Å²) in [5, 5.41) is 6.64. The lowest BCUT2D eigenvalue weighted by atomic mass is 10.1. The van der Waals surface area contributed by atoms with Crippen molar-refractivity contribution in [1.29, 1.82) is 0 Å². The summed E-state index contributed by atoms with van der Waals surface area (Å²) in [5.74, 6) is -0.218. The highest BCUT2D eigenvalue weighted by molar-refractivity contribution is 9.10. The molecule has 0 fully saturated rings. The van der Waals surface area contributed by atoms with Crippen LogP contribution in [0.1, 0.15) is 36.5 Å². The average molecular weight is 446 g/mol. The van der Waals surface area contributed by atoms with E-state index in [9.17, 15) is 9.59 Å². The standard InChI is InChI=1S/C21H24BrN3O3/c1-4-9-28-19-8-6-17(22)11-16(19)13-23-25-21(27)12-20(26)24-18-7-5-14(2)15(3)10-18/h5-8,10-11,13H,4,9,12H2,1-3H3,(H,24,26)(H,25,27). The molecule has 7 heteroatoms. The van der Waals surface area contributed by atoms with E-state index < -0.39 is 11.8 Å². The molecule has 2 aromatic rings. The van der Waals surface area contributed by atoms with Crippen molar-refractivity contribution in [3.63, 3.8) is 0 Å². The van der Waals surface area contributed by atoms with Crippen LogP contribution in [0.5, 0.6) is 5.75 Å². The average Bonchev–Trinajstić information content (AvgIpc) is 2.64. The van der Waals surface area contributed by atoms with Gasteiger partial charge in [-0.3, -0.25) is 9.59 Å². The number of aryl methyl sites for hydroxylation is 2. The maximum atomic E-state index is 12.0. The molecular formula is C21H24BrN3O3. The number of nitrogens with zero attached hydrogens (tertiary/aromatic N) is 1. The molecule has 2 aromatic carbocycles. The van der Waals surface area contributed by atoms with Crippen LogP contribution >= 0.6 is 15.9 Å². The Bertz CT molecular complexity index is 881. The van der Waals surface area contributed by atoms with Gasteiger partial charge in [-0.2, -0.15) is 5.10 Å². The molecule has 0 heterocycles. The van der Waals surface area contributed by atoms with Crippen LogP contribution in [0, 0.1) is 13.8 Å². The zero-order valence-corrected chi connectivity index (χ0v) is 17.8. The number of carbonyl (C=O) groups excluding carboxylic acids is 2. The quantitative estimate of drug-likeness (QED) is 0.360. The van der Waals surface area contributed by atoms with Crippen molar-refractivity contribution in [1.82, 2.24) is 5.43 Å². The maximum Gasteiger partial charge on any atom is 0.249 e. The number of rotatable bonds is 8. The molecule has 0 aliphatic carbocycles. The number of anilines is 1. The lowest BCUT2D eigenvalue weighted by molar-refractivity contribution is -0.126. The largest absolute Gasteiger partial charge is 0.493 e. The summed E-state index contributed by atoms with van der Waals surface area (Å²) < 4.78 is 6.53. The fraction of sp³-hybridized carbons (Fsp3) is 0.286. The Morgan fingerprint density at radius 3 is 2.61 bits per heavy atom. The SMILES string of the molecule is CCCOc1ccc(Br)cc1C=NNC(=O)CC(=O)Nc1ccc(C)c(C)c1. The van der Waals surface area contributed by atoms with E-state index in [0.717, 1.165) is 27.6 Å². The fourth-order valence-corrected chi connectivity index (χ4v) is 2.73. The first kappa shape index (κ1) is 21.6. The number of benzene rings is 2. The van der Waals surface area contributed by atoms with E-state index >= 15 is 0 Å². The highest BCUT2D eigenvalue weighted by atomic mass is 79.9. The van der Waals surface area contributed by atoms with Crippen LogP contribution < -0.4 is 15.5 Å². The molecule has 148 valence electrons. The molecular weight excluding hydrogens is 422 g/mol. The molecule has 0 unspecified atom stereocenters. The van der Waals surface area contributed by atoms with Crippen molar-refractivity contribution in [3.05, 3.63) is 57.6 Å². The molecule has 0 aliphatic heterocycles. The highest BCUT2D eigenvalue weighted by Gasteiger charge is 2.10. The van der Waals surface area contributed by atoms with Gasteiger partial charge in [-0.15, -0.1) is 0 Å². The molecule has 6 nitrogen and oxygen atoms in total. The van der Waals surface area contributed by atoms with Gasteiger partial charge in [0.15, 0.2) is 0 Å². The Kier molecular flexibility index (Phi) is 8.19. The minimum atomic E-state index is -0.497. The molecule has 0 saturated carbocycles. The van der Waals surface area contributed by atoms with Crippen LogP contribution in [0.25, 0.3) is 0 Å². The van der Waals surface area contributed by atoms with Gasteiger partial charge in [-0.05, 0) is 61.7 Å². The van der Waals surface area contributed by atoms with Gasteiger partial charge in [0.05, 0.1) is 12.8 Å². The van der Waals surface area contributed by atoms with E-state index in [2.05, 4.69) is 31.8 Å². The van der Waals surface area contributed by atoms with Crippen molar-refractivity contribution in [3.8, 4) is 5.75 Å². The monoisotopic (exact) mass is 445 g/mol. The summed E-state index contributed by atoms with van der Waals surface area (Å²) >= 11 is 3.40. The van der Waals surface area contributed by atoms with Gasteiger partial charge in [0.25, 0.3) is 0 Å². The van der Waals surface area contributed by atoms with Crippen molar-refractivity contribution >= 4 is 39.6 Å². The molecule has 2 N–H and O–H groups in total. The summed E-state index contributed by atoms with van der Waals surface area (Å²) in [6.45, 7) is 6.58. The van der Waals surface area contributed by atoms with Gasteiger partial charge in [-0.25, -0.2) is 5.43 Å². The van der Waals surface area contributed by atoms with Crippen molar-refractivity contribution in [2.45, 2.75) is 33.6 Å². The van der Waals surface area contributed by atoms with Crippen molar-refractivity contribution in [2.75, 3.05) is 11.9 Å². The highest BCUT2D eigenvalue weighted by Crippen LogP contribution is 2.22. The molecule has 0 bridgehead atoms. The van der Waals surface area contributed by atoms with Gasteiger partial charge >= 0.3 is 0 Å². The number of amides is 2. The van der Waals surface area contributed by atoms with E-state index in [1.807, 2.05) is 51.1 Å². The van der Waals surface area contributed by atoms with Crippen LogP contribution in [0.3, 0.4) is 0 Å². The second-order valence-electron chi connectivity index (χ2n) is 6.35. The van der Waals surface area contributed by atoms with Gasteiger partial charge in [-0.1, -0.05) is 28.9 Å². The number of ether oxygens (including phenoxy) is 1. The predicted molar refractivity (Wildman–Crippen MR) is 115 cm³/mol. The molecule has 0 spiro atoms. The van der Waals surface area contributed by atoms with E-state index in [4.69, 9.17) is 4.74 Å². The van der Waals surface area contributed by atoms with Crippen LogP contribution in [0.4, 0.5) is 5.69 Å². The smallest absolute Gasteiger partial charge is 0.249 e. The molecule has 2 amide bonds. The van der Waals surface area contributed by atoms with Crippen LogP contribution in [0.15, 0.2) is 46.0 Å². The van der Waals surface area contributed by atoms with E-state index in [-0.39, 0.29) is 6.42 Å². The van der Waals surface area contributed by atoms with Crippen LogP contribution in [0.2, 0.25) is 0 Å². The lowest BCUT2D eigenvalue weighted by Crippen LogP contribution is -2.24. The van der Waals surface area contributed by atoms with Crippen LogP contribution in [-0.2, 0) is 9.59 Å². The number of hydrazone groups is 1. The minimum absolute atomic E-state index is 0.318. The summed E-state index contributed by atoms with van der Waals surface area (Å²) in [5.41, 5.74) is 5.97. The number of hydrogen-bond acceptors (Lipinski definition) is 4. The molecule has 0 atom stereocenters. The van der Waals surface area contributed by atoms with E-state index in [0.29, 0.717) is 18.0 Å². The summed E-state index contributed by atoms with van der Waals surface area (Å²) in [6.07, 6.45) is 2.07. The first-order valence-electron chi connectivity index (χ1n) is 9.00. The Morgan fingerprint density at radius 2 is 1.89 bits per heavy atom. The summed E-state index contributed by atoms with van der Waals surface area (Å²) in [6, 6.07) is 11.1. The molecule has 0 aromatic heterocycles. The zero-order valence-electron chi connectivity index (χ0n) is 16.2. The van der Waals surface area contributed by atoms with Crippen LogP contribution in [-0.4, -0.2) is 24.6 Å². The molecule has 2 rings (SSSR count). The molecule has 28 heavy (non-hydrogen) atoms. The van der Waals surface area contributed by atoms with Crippen molar-refractivity contribution < 1.29 is 14.3 Å². The third-order valence-electron chi connectivity index (χ3n) is 3.94. The Labute approximate surface area is 173 Å². The number of nitrogens with one attached hydrogen (secondary N) is 2. The van der Waals surface area contributed by atoms with Gasteiger partial charge in [0.1, 0.15) is 12.2 Å². The molecule has 0 aliphatic rings. The van der Waals surface area contributed by atoms with Gasteiger partial charge in [0, 0.05) is 15.7 Å². The minimum Gasteiger partial charge on any atom is -0.493 e.